The fourth-order valence-corrected chi connectivity index (χ4v) is 4.32. The molecule has 3 aliphatic heterocycles. The van der Waals surface area contributed by atoms with E-state index >= 15 is 0 Å². The van der Waals surface area contributed by atoms with E-state index in [2.05, 4.69) is 5.32 Å². The fourth-order valence-electron chi connectivity index (χ4n) is 4.32. The number of benzene rings is 1. The summed E-state index contributed by atoms with van der Waals surface area (Å²) in [7, 11) is 1.49. The number of piperidine rings is 1. The van der Waals surface area contributed by atoms with E-state index < -0.39 is 6.04 Å². The van der Waals surface area contributed by atoms with Gasteiger partial charge in [-0.05, 0) is 37.0 Å². The Bertz CT molecular complexity index is 848. The van der Waals surface area contributed by atoms with Gasteiger partial charge in [0.2, 0.25) is 18.6 Å². The van der Waals surface area contributed by atoms with Crippen molar-refractivity contribution in [2.45, 2.75) is 18.9 Å². The molecule has 1 atom stereocenters. The van der Waals surface area contributed by atoms with Gasteiger partial charge in [0.15, 0.2) is 11.5 Å². The third-order valence-corrected chi connectivity index (χ3v) is 6.14. The lowest BCUT2D eigenvalue weighted by molar-refractivity contribution is -0.140. The summed E-state index contributed by atoms with van der Waals surface area (Å²) >= 11 is 0. The van der Waals surface area contributed by atoms with E-state index in [0.717, 1.165) is 0 Å². The van der Waals surface area contributed by atoms with Gasteiger partial charge < -0.3 is 34.1 Å². The highest BCUT2D eigenvalue weighted by Gasteiger charge is 2.36. The Morgan fingerprint density at radius 3 is 2.50 bits per heavy atom. The molecule has 3 aliphatic rings. The summed E-state index contributed by atoms with van der Waals surface area (Å²) in [5.74, 6) is 0.521. The molecule has 2 fully saturated rings. The Balaban J connectivity index is 1.47. The summed E-state index contributed by atoms with van der Waals surface area (Å²) in [5, 5.41) is 2.97. The summed E-state index contributed by atoms with van der Waals surface area (Å²) in [5.41, 5.74) is 0.404. The van der Waals surface area contributed by atoms with Gasteiger partial charge in [-0.1, -0.05) is 0 Å². The molecule has 1 aromatic rings. The molecular weight excluding hydrogens is 418 g/mol. The summed E-state index contributed by atoms with van der Waals surface area (Å²) in [6.07, 6.45) is 1.25. The minimum Gasteiger partial charge on any atom is -0.454 e. The van der Waals surface area contributed by atoms with Gasteiger partial charge in [0, 0.05) is 38.9 Å². The fraction of sp³-hybridized carbons (Fsp3) is 0.591. The van der Waals surface area contributed by atoms with Gasteiger partial charge in [0.05, 0.1) is 13.2 Å². The number of fused-ring (bicyclic) bond motifs is 1. The normalized spacial score (nSPS) is 19.5. The average molecular weight is 447 g/mol. The SMILES string of the molecule is COCC(=O)N1CCC([C@H](NC(=O)c2ccc3c(c2)OCO3)C(=O)N2CCOCC2)CC1. The Morgan fingerprint density at radius 2 is 1.78 bits per heavy atom. The molecule has 0 aliphatic carbocycles. The second-order valence-corrected chi connectivity index (χ2v) is 8.11. The van der Waals surface area contributed by atoms with Gasteiger partial charge in [0.1, 0.15) is 12.6 Å². The molecule has 0 aromatic heterocycles. The molecular formula is C22H29N3O7. The van der Waals surface area contributed by atoms with Crippen LogP contribution in [0.2, 0.25) is 0 Å². The molecule has 0 unspecified atom stereocenters. The van der Waals surface area contributed by atoms with Crippen molar-refractivity contribution >= 4 is 17.7 Å². The lowest BCUT2D eigenvalue weighted by atomic mass is 9.88. The summed E-state index contributed by atoms with van der Waals surface area (Å²) in [6.45, 7) is 3.19. The van der Waals surface area contributed by atoms with E-state index in [-0.39, 0.29) is 37.0 Å². The van der Waals surface area contributed by atoms with Crippen LogP contribution in [0, 0.1) is 5.92 Å². The maximum Gasteiger partial charge on any atom is 0.252 e. The van der Waals surface area contributed by atoms with Crippen LogP contribution in [0.15, 0.2) is 18.2 Å². The highest BCUT2D eigenvalue weighted by Crippen LogP contribution is 2.32. The second kappa shape index (κ2) is 10.2. The van der Waals surface area contributed by atoms with Crippen molar-refractivity contribution in [2.24, 2.45) is 5.92 Å². The van der Waals surface area contributed by atoms with Gasteiger partial charge in [-0.25, -0.2) is 0 Å². The minimum atomic E-state index is -0.675. The van der Waals surface area contributed by atoms with Crippen molar-refractivity contribution in [3.63, 3.8) is 0 Å². The first-order valence-electron chi connectivity index (χ1n) is 10.9. The van der Waals surface area contributed by atoms with Crippen LogP contribution in [0.1, 0.15) is 23.2 Å². The lowest BCUT2D eigenvalue weighted by Crippen LogP contribution is -2.56. The zero-order valence-electron chi connectivity index (χ0n) is 18.2. The zero-order valence-corrected chi connectivity index (χ0v) is 18.2. The van der Waals surface area contributed by atoms with Crippen LogP contribution in [0.25, 0.3) is 0 Å². The number of carbonyl (C=O) groups is 3. The number of nitrogens with one attached hydrogen (secondary N) is 1. The van der Waals surface area contributed by atoms with Gasteiger partial charge in [-0.3, -0.25) is 14.4 Å². The second-order valence-electron chi connectivity index (χ2n) is 8.11. The molecule has 2 saturated heterocycles. The van der Waals surface area contributed by atoms with E-state index in [0.29, 0.717) is 69.3 Å². The first kappa shape index (κ1) is 22.3. The predicted octanol–water partition coefficient (Wildman–Crippen LogP) is 0.258. The molecule has 1 aromatic carbocycles. The Morgan fingerprint density at radius 1 is 1.06 bits per heavy atom. The van der Waals surface area contributed by atoms with Crippen molar-refractivity contribution in [2.75, 3.05) is 59.9 Å². The molecule has 4 rings (SSSR count). The molecule has 32 heavy (non-hydrogen) atoms. The van der Waals surface area contributed by atoms with Crippen molar-refractivity contribution in [1.29, 1.82) is 0 Å². The lowest BCUT2D eigenvalue weighted by Gasteiger charge is -2.38. The van der Waals surface area contributed by atoms with Crippen LogP contribution in [0.4, 0.5) is 0 Å². The van der Waals surface area contributed by atoms with Crippen molar-refractivity contribution in [3.05, 3.63) is 23.8 Å². The number of carbonyl (C=O) groups excluding carboxylic acids is 3. The number of methoxy groups -OCH3 is 1. The molecule has 174 valence electrons. The van der Waals surface area contributed by atoms with Crippen LogP contribution < -0.4 is 14.8 Å². The smallest absolute Gasteiger partial charge is 0.252 e. The average Bonchev–Trinajstić information content (AvgIpc) is 3.31. The van der Waals surface area contributed by atoms with E-state index in [9.17, 15) is 14.4 Å². The van der Waals surface area contributed by atoms with Crippen LogP contribution in [-0.2, 0) is 19.1 Å². The summed E-state index contributed by atoms with van der Waals surface area (Å²) < 4.78 is 21.0. The molecule has 1 N–H and O–H groups in total. The molecule has 3 amide bonds. The standard InChI is InChI=1S/C22H29N3O7/c1-29-13-19(26)24-6-4-15(5-7-24)20(22(28)25-8-10-30-11-9-25)23-21(27)16-2-3-17-18(12-16)32-14-31-17/h2-3,12,15,20H,4-11,13-14H2,1H3,(H,23,27)/t20-/m0/s1. The van der Waals surface area contributed by atoms with Gasteiger partial charge in [0.25, 0.3) is 5.91 Å². The maximum absolute atomic E-state index is 13.4. The van der Waals surface area contributed by atoms with Crippen LogP contribution in [-0.4, -0.2) is 93.5 Å². The van der Waals surface area contributed by atoms with Crippen LogP contribution >= 0.6 is 0 Å². The highest BCUT2D eigenvalue weighted by molar-refractivity contribution is 5.98. The zero-order chi connectivity index (χ0) is 22.5. The first-order valence-corrected chi connectivity index (χ1v) is 10.9. The number of ether oxygens (including phenoxy) is 4. The van der Waals surface area contributed by atoms with Crippen molar-refractivity contribution < 1.29 is 33.3 Å². The van der Waals surface area contributed by atoms with E-state index in [4.69, 9.17) is 18.9 Å². The molecule has 0 saturated carbocycles. The molecule has 0 radical (unpaired) electrons. The number of nitrogens with zero attached hydrogens (tertiary/aromatic N) is 2. The minimum absolute atomic E-state index is 0.0433. The quantitative estimate of drug-likeness (QED) is 0.667. The monoisotopic (exact) mass is 447 g/mol. The van der Waals surface area contributed by atoms with Crippen molar-refractivity contribution in [3.8, 4) is 11.5 Å². The van der Waals surface area contributed by atoms with Gasteiger partial charge >= 0.3 is 0 Å². The summed E-state index contributed by atoms with van der Waals surface area (Å²) in [6, 6.07) is 4.30. The third-order valence-electron chi connectivity index (χ3n) is 6.14. The Kier molecular flexibility index (Phi) is 7.11. The van der Waals surface area contributed by atoms with E-state index in [1.807, 2.05) is 0 Å². The number of morpholine rings is 1. The molecule has 0 spiro atoms. The number of rotatable bonds is 6. The number of hydrogen-bond acceptors (Lipinski definition) is 7. The maximum atomic E-state index is 13.4. The molecule has 10 heteroatoms. The van der Waals surface area contributed by atoms with Gasteiger partial charge in [-0.15, -0.1) is 0 Å². The highest BCUT2D eigenvalue weighted by atomic mass is 16.7. The topological polar surface area (TPSA) is 107 Å². The van der Waals surface area contributed by atoms with E-state index in [1.165, 1.54) is 7.11 Å². The third kappa shape index (κ3) is 4.97. The molecule has 0 bridgehead atoms. The molecule has 10 nitrogen and oxygen atoms in total. The van der Waals surface area contributed by atoms with Crippen LogP contribution in [0.3, 0.4) is 0 Å². The number of likely N-dealkylation sites (tertiary alicyclic amines) is 1. The van der Waals surface area contributed by atoms with E-state index in [1.54, 1.807) is 28.0 Å². The van der Waals surface area contributed by atoms with Gasteiger partial charge in [-0.2, -0.15) is 0 Å². The largest absolute Gasteiger partial charge is 0.454 e. The van der Waals surface area contributed by atoms with Crippen LogP contribution in [0.5, 0.6) is 11.5 Å². The number of amides is 3. The summed E-state index contributed by atoms with van der Waals surface area (Å²) in [4.78, 5) is 42.1. The number of hydrogen-bond donors (Lipinski definition) is 1. The van der Waals surface area contributed by atoms with Crippen molar-refractivity contribution in [1.82, 2.24) is 15.1 Å². The Hall–Kier alpha value is -2.85. The predicted molar refractivity (Wildman–Crippen MR) is 112 cm³/mol. The molecule has 3 heterocycles. The first-order chi connectivity index (χ1) is 15.6. The Labute approximate surface area is 186 Å².